The van der Waals surface area contributed by atoms with Crippen LogP contribution in [-0.4, -0.2) is 24.4 Å². The van der Waals surface area contributed by atoms with E-state index in [1.54, 1.807) is 36.4 Å². The predicted molar refractivity (Wildman–Crippen MR) is 103 cm³/mol. The lowest BCUT2D eigenvalue weighted by molar-refractivity contribution is 0.0907. The first-order valence-corrected chi connectivity index (χ1v) is 9.15. The molecule has 2 unspecified atom stereocenters. The second-order valence-electron chi connectivity index (χ2n) is 6.76. The highest BCUT2D eigenvalue weighted by Crippen LogP contribution is 2.24. The van der Waals surface area contributed by atoms with E-state index in [2.05, 4.69) is 10.6 Å². The number of rotatable bonds is 5. The molecule has 0 saturated heterocycles. The highest BCUT2D eigenvalue weighted by molar-refractivity contribution is 6.04. The molecule has 2 aromatic carbocycles. The first-order chi connectivity index (χ1) is 12.7. The fourth-order valence-corrected chi connectivity index (χ4v) is 3.43. The monoisotopic (exact) mass is 351 g/mol. The van der Waals surface area contributed by atoms with Crippen LogP contribution in [0.3, 0.4) is 0 Å². The molecule has 0 radical (unpaired) electrons. The number of anilines is 1. The Bertz CT molecular complexity index is 744. The molecule has 5 nitrogen and oxygen atoms in total. The zero-order chi connectivity index (χ0) is 18.4. The van der Waals surface area contributed by atoms with Gasteiger partial charge in [-0.2, -0.15) is 0 Å². The summed E-state index contributed by atoms with van der Waals surface area (Å²) in [5.41, 5.74) is 7.67. The molecule has 2 amide bonds. The van der Waals surface area contributed by atoms with Gasteiger partial charge in [0.2, 0.25) is 0 Å². The van der Waals surface area contributed by atoms with Crippen molar-refractivity contribution in [3.05, 3.63) is 65.7 Å². The maximum atomic E-state index is 12.5. The lowest BCUT2D eigenvalue weighted by Crippen LogP contribution is -2.44. The average molecular weight is 351 g/mol. The summed E-state index contributed by atoms with van der Waals surface area (Å²) < 4.78 is 0. The van der Waals surface area contributed by atoms with Gasteiger partial charge in [0, 0.05) is 22.9 Å². The van der Waals surface area contributed by atoms with Crippen LogP contribution in [0, 0.1) is 5.92 Å². The van der Waals surface area contributed by atoms with Crippen LogP contribution in [0.15, 0.2) is 54.6 Å². The van der Waals surface area contributed by atoms with E-state index >= 15 is 0 Å². The molecule has 4 N–H and O–H groups in total. The minimum Gasteiger partial charge on any atom is -0.349 e. The first-order valence-electron chi connectivity index (χ1n) is 9.15. The molecular weight excluding hydrogens is 326 g/mol. The van der Waals surface area contributed by atoms with Gasteiger partial charge in [-0.1, -0.05) is 31.0 Å². The minimum absolute atomic E-state index is 0.0868. The van der Waals surface area contributed by atoms with E-state index in [1.807, 2.05) is 18.2 Å². The number of nitrogens with one attached hydrogen (secondary N) is 2. The third-order valence-corrected chi connectivity index (χ3v) is 4.97. The summed E-state index contributed by atoms with van der Waals surface area (Å²) >= 11 is 0. The molecule has 1 aliphatic rings. The summed E-state index contributed by atoms with van der Waals surface area (Å²) in [5, 5.41) is 5.95. The van der Waals surface area contributed by atoms with Crippen molar-refractivity contribution in [2.45, 2.75) is 31.7 Å². The molecule has 2 atom stereocenters. The number of benzene rings is 2. The van der Waals surface area contributed by atoms with Crippen molar-refractivity contribution in [1.82, 2.24) is 5.32 Å². The SMILES string of the molecule is NCC1CCCCC1NC(=O)c1ccc(NC(=O)c2ccccc2)cc1. The zero-order valence-electron chi connectivity index (χ0n) is 14.8. The van der Waals surface area contributed by atoms with Crippen LogP contribution >= 0.6 is 0 Å². The van der Waals surface area contributed by atoms with Gasteiger partial charge in [-0.3, -0.25) is 9.59 Å². The van der Waals surface area contributed by atoms with E-state index in [4.69, 9.17) is 5.73 Å². The summed E-state index contributed by atoms with van der Waals surface area (Å²) in [5.74, 6) is 0.101. The summed E-state index contributed by atoms with van der Waals surface area (Å²) in [7, 11) is 0. The van der Waals surface area contributed by atoms with Crippen molar-refractivity contribution in [2.24, 2.45) is 11.7 Å². The normalized spacial score (nSPS) is 19.6. The van der Waals surface area contributed by atoms with Crippen molar-refractivity contribution in [3.8, 4) is 0 Å². The van der Waals surface area contributed by atoms with Gasteiger partial charge in [-0.25, -0.2) is 0 Å². The van der Waals surface area contributed by atoms with Crippen LogP contribution in [0.1, 0.15) is 46.4 Å². The van der Waals surface area contributed by atoms with E-state index in [0.717, 1.165) is 19.3 Å². The Labute approximate surface area is 154 Å². The summed E-state index contributed by atoms with van der Waals surface area (Å²) in [6.45, 7) is 0.607. The molecule has 26 heavy (non-hydrogen) atoms. The minimum atomic E-state index is -0.171. The first kappa shape index (κ1) is 18.1. The lowest BCUT2D eigenvalue weighted by Gasteiger charge is -2.31. The van der Waals surface area contributed by atoms with Gasteiger partial charge in [0.1, 0.15) is 0 Å². The molecule has 0 aliphatic heterocycles. The van der Waals surface area contributed by atoms with Crippen LogP contribution in [0.5, 0.6) is 0 Å². The van der Waals surface area contributed by atoms with Gasteiger partial charge in [-0.05, 0) is 61.7 Å². The quantitative estimate of drug-likeness (QED) is 0.773. The second kappa shape index (κ2) is 8.63. The van der Waals surface area contributed by atoms with Crippen LogP contribution in [0.2, 0.25) is 0 Å². The van der Waals surface area contributed by atoms with Crippen LogP contribution in [0.4, 0.5) is 5.69 Å². The van der Waals surface area contributed by atoms with E-state index in [1.165, 1.54) is 6.42 Å². The Balaban J connectivity index is 1.60. The molecule has 1 saturated carbocycles. The Morgan fingerprint density at radius 3 is 2.23 bits per heavy atom. The van der Waals surface area contributed by atoms with E-state index in [-0.39, 0.29) is 17.9 Å². The largest absolute Gasteiger partial charge is 0.349 e. The molecular formula is C21H25N3O2. The van der Waals surface area contributed by atoms with E-state index < -0.39 is 0 Å². The third-order valence-electron chi connectivity index (χ3n) is 4.97. The molecule has 2 aromatic rings. The van der Waals surface area contributed by atoms with Crippen LogP contribution in [-0.2, 0) is 0 Å². The fourth-order valence-electron chi connectivity index (χ4n) is 3.43. The number of hydrogen-bond acceptors (Lipinski definition) is 3. The van der Waals surface area contributed by atoms with Gasteiger partial charge >= 0.3 is 0 Å². The van der Waals surface area contributed by atoms with Crippen molar-refractivity contribution in [1.29, 1.82) is 0 Å². The van der Waals surface area contributed by atoms with Crippen molar-refractivity contribution >= 4 is 17.5 Å². The predicted octanol–water partition coefficient (Wildman–Crippen LogP) is 3.19. The highest BCUT2D eigenvalue weighted by atomic mass is 16.2. The molecule has 1 fully saturated rings. The zero-order valence-corrected chi connectivity index (χ0v) is 14.8. The lowest BCUT2D eigenvalue weighted by atomic mass is 9.84. The van der Waals surface area contributed by atoms with Crippen LogP contribution < -0.4 is 16.4 Å². The van der Waals surface area contributed by atoms with Crippen molar-refractivity contribution < 1.29 is 9.59 Å². The Morgan fingerprint density at radius 2 is 1.54 bits per heavy atom. The molecule has 0 bridgehead atoms. The Hall–Kier alpha value is -2.66. The Morgan fingerprint density at radius 1 is 0.885 bits per heavy atom. The molecule has 5 heteroatoms. The van der Waals surface area contributed by atoms with Gasteiger partial charge in [0.05, 0.1) is 0 Å². The molecule has 1 aliphatic carbocycles. The molecule has 0 aromatic heterocycles. The number of carbonyl (C=O) groups excluding carboxylic acids is 2. The maximum Gasteiger partial charge on any atom is 0.255 e. The average Bonchev–Trinajstić information content (AvgIpc) is 2.69. The third kappa shape index (κ3) is 4.49. The molecule has 0 heterocycles. The number of nitrogens with two attached hydrogens (primary N) is 1. The van der Waals surface area contributed by atoms with Gasteiger partial charge in [-0.15, -0.1) is 0 Å². The van der Waals surface area contributed by atoms with Gasteiger partial charge in [0.25, 0.3) is 11.8 Å². The smallest absolute Gasteiger partial charge is 0.255 e. The molecule has 136 valence electrons. The highest BCUT2D eigenvalue weighted by Gasteiger charge is 2.25. The number of hydrogen-bond donors (Lipinski definition) is 3. The topological polar surface area (TPSA) is 84.2 Å². The maximum absolute atomic E-state index is 12.5. The van der Waals surface area contributed by atoms with E-state index in [0.29, 0.717) is 29.3 Å². The number of carbonyl (C=O) groups is 2. The van der Waals surface area contributed by atoms with E-state index in [9.17, 15) is 9.59 Å². The van der Waals surface area contributed by atoms with Gasteiger partial charge in [0.15, 0.2) is 0 Å². The van der Waals surface area contributed by atoms with Gasteiger partial charge < -0.3 is 16.4 Å². The molecule has 3 rings (SSSR count). The second-order valence-corrected chi connectivity index (χ2v) is 6.76. The summed E-state index contributed by atoms with van der Waals surface area (Å²) in [6, 6.07) is 16.1. The van der Waals surface area contributed by atoms with Crippen LogP contribution in [0.25, 0.3) is 0 Å². The summed E-state index contributed by atoms with van der Waals surface area (Å²) in [4.78, 5) is 24.7. The fraction of sp³-hybridized carbons (Fsp3) is 0.333. The van der Waals surface area contributed by atoms with Crippen molar-refractivity contribution in [2.75, 3.05) is 11.9 Å². The Kier molecular flexibility index (Phi) is 6.02. The number of amides is 2. The van der Waals surface area contributed by atoms with Crippen molar-refractivity contribution in [3.63, 3.8) is 0 Å². The molecule has 0 spiro atoms. The summed E-state index contributed by atoms with van der Waals surface area (Å²) in [6.07, 6.45) is 4.38. The standard InChI is InChI=1S/C21H25N3O2/c22-14-17-8-4-5-9-19(17)24-21(26)16-10-12-18(13-11-16)23-20(25)15-6-2-1-3-7-15/h1-3,6-7,10-13,17,19H,4-5,8-9,14,22H2,(H,23,25)(H,24,26).